The zero-order valence-electron chi connectivity index (χ0n) is 18.0. The largest absolute Gasteiger partial charge is 0.405 e. The molecule has 1 unspecified atom stereocenters. The summed E-state index contributed by atoms with van der Waals surface area (Å²) >= 11 is 0. The lowest BCUT2D eigenvalue weighted by molar-refractivity contribution is 0.592. The van der Waals surface area contributed by atoms with Crippen LogP contribution in [-0.4, -0.2) is 15.0 Å². The van der Waals surface area contributed by atoms with E-state index in [1.54, 1.807) is 30.7 Å². The van der Waals surface area contributed by atoms with E-state index in [2.05, 4.69) is 21.5 Å². The number of hydrogen-bond donors (Lipinski definition) is 1. The molecule has 0 aliphatic rings. The Morgan fingerprint density at radius 3 is 2.06 bits per heavy atom. The third-order valence-electron chi connectivity index (χ3n) is 5.12. The van der Waals surface area contributed by atoms with Gasteiger partial charge >= 0.3 is 0 Å². The first kappa shape index (κ1) is 22.1. The van der Waals surface area contributed by atoms with Crippen molar-refractivity contribution in [2.45, 2.75) is 0 Å². The van der Waals surface area contributed by atoms with E-state index in [1.165, 1.54) is 6.20 Å². The fraction of sp³-hybridized carbons (Fsp3) is 0. The van der Waals surface area contributed by atoms with E-state index in [1.807, 2.05) is 78.9 Å². The molecule has 3 heterocycles. The Hall–Kier alpha value is -4.08. The predicted molar refractivity (Wildman–Crippen MR) is 136 cm³/mol. The van der Waals surface area contributed by atoms with Gasteiger partial charge in [0, 0.05) is 34.5 Å². The molecule has 3 aromatic heterocycles. The molecule has 0 radical (unpaired) electrons. The summed E-state index contributed by atoms with van der Waals surface area (Å²) in [6.07, 6.45) is 11.8. The van der Waals surface area contributed by atoms with Crippen molar-refractivity contribution in [1.82, 2.24) is 15.0 Å². The van der Waals surface area contributed by atoms with Crippen LogP contribution in [-0.2, 0) is 4.57 Å². The van der Waals surface area contributed by atoms with Crippen molar-refractivity contribution in [3.8, 4) is 11.4 Å². The molecule has 1 atom stereocenters. The molecule has 4 aromatic rings. The van der Waals surface area contributed by atoms with Gasteiger partial charge in [0.15, 0.2) is 7.14 Å². The van der Waals surface area contributed by atoms with Crippen LogP contribution in [0.1, 0.15) is 5.69 Å². The molecule has 0 aliphatic heterocycles. The second kappa shape index (κ2) is 10.0. The van der Waals surface area contributed by atoms with Gasteiger partial charge in [0.05, 0.1) is 17.1 Å². The van der Waals surface area contributed by atoms with Crippen LogP contribution >= 0.6 is 7.14 Å². The van der Waals surface area contributed by atoms with E-state index in [9.17, 15) is 4.57 Å². The smallest absolute Gasteiger partial charge is 0.174 e. The first-order valence-electron chi connectivity index (χ1n) is 10.4. The molecule has 33 heavy (non-hydrogen) atoms. The molecule has 1 aromatic carbocycles. The van der Waals surface area contributed by atoms with Crippen LogP contribution in [0.5, 0.6) is 0 Å². The van der Waals surface area contributed by atoms with E-state index < -0.39 is 7.14 Å². The molecular weight excluding hydrogens is 427 g/mol. The quantitative estimate of drug-likeness (QED) is 0.337. The minimum absolute atomic E-state index is 0.628. The van der Waals surface area contributed by atoms with Gasteiger partial charge in [-0.25, -0.2) is 0 Å². The van der Waals surface area contributed by atoms with Crippen molar-refractivity contribution in [3.63, 3.8) is 0 Å². The lowest BCUT2D eigenvalue weighted by Gasteiger charge is -2.19. The number of hydrogen-bond acceptors (Lipinski definition) is 5. The Morgan fingerprint density at radius 1 is 0.758 bits per heavy atom. The van der Waals surface area contributed by atoms with E-state index in [0.717, 1.165) is 22.3 Å². The molecule has 0 spiro atoms. The van der Waals surface area contributed by atoms with Crippen molar-refractivity contribution in [3.05, 3.63) is 128 Å². The number of rotatable bonds is 7. The molecule has 0 fully saturated rings. The highest BCUT2D eigenvalue weighted by molar-refractivity contribution is 7.85. The number of allylic oxidation sites excluding steroid dienone is 4. The minimum Gasteiger partial charge on any atom is -0.405 e. The van der Waals surface area contributed by atoms with Gasteiger partial charge in [0.1, 0.15) is 0 Å². The number of nitrogens with zero attached hydrogens (tertiary/aromatic N) is 3. The normalized spacial score (nSPS) is 13.2. The average Bonchev–Trinajstić information content (AvgIpc) is 2.89. The fourth-order valence-electron chi connectivity index (χ4n) is 3.41. The Balaban J connectivity index is 1.75. The van der Waals surface area contributed by atoms with Crippen molar-refractivity contribution < 1.29 is 4.57 Å². The van der Waals surface area contributed by atoms with Gasteiger partial charge in [-0.15, -0.1) is 0 Å². The number of benzene rings is 1. The molecule has 0 saturated carbocycles. The first-order chi connectivity index (χ1) is 16.1. The molecule has 0 aliphatic carbocycles. The molecule has 162 valence electrons. The van der Waals surface area contributed by atoms with Crippen LogP contribution < -0.4 is 21.6 Å². The Bertz CT molecular complexity index is 1330. The van der Waals surface area contributed by atoms with Gasteiger partial charge in [-0.1, -0.05) is 55.1 Å². The number of nitrogens with two attached hydrogens (primary N) is 1. The van der Waals surface area contributed by atoms with E-state index in [0.29, 0.717) is 16.3 Å². The highest BCUT2D eigenvalue weighted by Crippen LogP contribution is 2.42. The second-order valence-corrected chi connectivity index (χ2v) is 10.0. The van der Waals surface area contributed by atoms with Gasteiger partial charge < -0.3 is 10.3 Å². The number of aromatic nitrogens is 3. The topological polar surface area (TPSA) is 81.8 Å². The predicted octanol–water partition coefficient (Wildman–Crippen LogP) is 4.22. The number of pyridine rings is 3. The highest BCUT2D eigenvalue weighted by Gasteiger charge is 2.30. The van der Waals surface area contributed by atoms with Crippen LogP contribution in [0.15, 0.2) is 122 Å². The second-order valence-electron chi connectivity index (χ2n) is 7.23. The van der Waals surface area contributed by atoms with E-state index in [-0.39, 0.29) is 0 Å². The summed E-state index contributed by atoms with van der Waals surface area (Å²) in [5.41, 5.74) is 8.28. The monoisotopic (exact) mass is 450 g/mol. The fourth-order valence-corrected chi connectivity index (χ4v) is 5.90. The van der Waals surface area contributed by atoms with Gasteiger partial charge in [-0.2, -0.15) is 0 Å². The lowest BCUT2D eigenvalue weighted by Crippen LogP contribution is -2.25. The maximum absolute atomic E-state index is 14.6. The summed E-state index contributed by atoms with van der Waals surface area (Å²) < 4.78 is 14.6. The van der Waals surface area contributed by atoms with Gasteiger partial charge in [-0.05, 0) is 54.2 Å². The lowest BCUT2D eigenvalue weighted by atomic mass is 10.2. The van der Waals surface area contributed by atoms with Crippen LogP contribution in [0.4, 0.5) is 0 Å². The van der Waals surface area contributed by atoms with Crippen LogP contribution in [0.2, 0.25) is 0 Å². The van der Waals surface area contributed by atoms with E-state index >= 15 is 0 Å². The van der Waals surface area contributed by atoms with E-state index in [4.69, 9.17) is 5.73 Å². The molecule has 0 saturated heterocycles. The Morgan fingerprint density at radius 2 is 1.45 bits per heavy atom. The van der Waals surface area contributed by atoms with Gasteiger partial charge in [0.25, 0.3) is 0 Å². The van der Waals surface area contributed by atoms with Crippen LogP contribution in [0, 0.1) is 0 Å². The van der Waals surface area contributed by atoms with Crippen molar-refractivity contribution >= 4 is 28.6 Å². The zero-order valence-corrected chi connectivity index (χ0v) is 18.8. The molecule has 6 heteroatoms. The summed E-state index contributed by atoms with van der Waals surface area (Å²) in [5.74, 6) is 0. The standard InChI is InChI=1S/C27H23N4OP/c1-21(9-5-7-17-28)25-15-13-23(19-30-25)33(32,22-10-3-2-4-11-22)24-14-16-27(31-20-24)26-12-6-8-18-29-26/h2-20H,1,28H2/b9-5-,17-7-. The Labute approximate surface area is 193 Å². The summed E-state index contributed by atoms with van der Waals surface area (Å²) in [5, 5.41) is 1.98. The van der Waals surface area contributed by atoms with Gasteiger partial charge in [0.2, 0.25) is 0 Å². The third kappa shape index (κ3) is 4.74. The molecule has 0 bridgehead atoms. The maximum Gasteiger partial charge on any atom is 0.174 e. The molecule has 0 amide bonds. The van der Waals surface area contributed by atoms with Crippen molar-refractivity contribution in [1.29, 1.82) is 0 Å². The molecule has 2 N–H and O–H groups in total. The minimum atomic E-state index is -3.18. The van der Waals surface area contributed by atoms with Crippen molar-refractivity contribution in [2.24, 2.45) is 5.73 Å². The Kier molecular flexibility index (Phi) is 6.72. The highest BCUT2D eigenvalue weighted by atomic mass is 31.2. The summed E-state index contributed by atoms with van der Waals surface area (Å²) in [6.45, 7) is 4.03. The SMILES string of the molecule is C=C(/C=C\C=C/N)c1ccc(P(=O)(c2ccccc2)c2ccc(-c3ccccn3)nc2)cn1. The molecule has 5 nitrogen and oxygen atoms in total. The van der Waals surface area contributed by atoms with Gasteiger partial charge in [-0.3, -0.25) is 15.0 Å². The summed E-state index contributed by atoms with van der Waals surface area (Å²) in [4.78, 5) is 13.4. The first-order valence-corrected chi connectivity index (χ1v) is 12.1. The average molecular weight is 450 g/mol. The summed E-state index contributed by atoms with van der Waals surface area (Å²) in [6, 6.07) is 22.5. The molecule has 4 rings (SSSR count). The maximum atomic E-state index is 14.6. The zero-order chi connectivity index (χ0) is 23.1. The van der Waals surface area contributed by atoms with Crippen molar-refractivity contribution in [2.75, 3.05) is 0 Å². The third-order valence-corrected chi connectivity index (χ3v) is 8.13. The van der Waals surface area contributed by atoms with Crippen LogP contribution in [0.3, 0.4) is 0 Å². The summed E-state index contributed by atoms with van der Waals surface area (Å²) in [7, 11) is -3.18. The van der Waals surface area contributed by atoms with Crippen LogP contribution in [0.25, 0.3) is 17.0 Å². The molecular formula is C27H23N4OP.